The Hall–Kier alpha value is -1.03. The number of hydrogen-bond acceptors (Lipinski definition) is 1. The van der Waals surface area contributed by atoms with Gasteiger partial charge in [0.25, 0.3) is 0 Å². The number of aliphatic hydroxyl groups excluding tert-OH is 1. The minimum absolute atomic E-state index is 0.307. The molecule has 0 spiro atoms. The van der Waals surface area contributed by atoms with Crippen LogP contribution in [0.5, 0.6) is 0 Å². The van der Waals surface area contributed by atoms with Crippen LogP contribution in [0.15, 0.2) is 24.3 Å². The van der Waals surface area contributed by atoms with Gasteiger partial charge in [0.15, 0.2) is 0 Å². The van der Waals surface area contributed by atoms with Crippen molar-refractivity contribution in [2.75, 3.05) is 0 Å². The zero-order chi connectivity index (χ0) is 12.3. The second-order valence-corrected chi connectivity index (χ2v) is 4.16. The van der Waals surface area contributed by atoms with E-state index < -0.39 is 18.7 Å². The van der Waals surface area contributed by atoms with Gasteiger partial charge in [-0.1, -0.05) is 38.1 Å². The van der Waals surface area contributed by atoms with Crippen LogP contribution in [0.1, 0.15) is 43.4 Å². The van der Waals surface area contributed by atoms with Gasteiger partial charge >= 0.3 is 6.18 Å². The molecule has 4 heteroatoms. The third-order valence-electron chi connectivity index (χ3n) is 2.41. The lowest BCUT2D eigenvalue weighted by atomic mass is 9.99. The molecule has 0 heterocycles. The van der Waals surface area contributed by atoms with Crippen molar-refractivity contribution in [2.45, 2.75) is 38.5 Å². The van der Waals surface area contributed by atoms with E-state index in [2.05, 4.69) is 0 Å². The van der Waals surface area contributed by atoms with Crippen LogP contribution in [0.4, 0.5) is 13.2 Å². The molecule has 1 nitrogen and oxygen atoms in total. The minimum atomic E-state index is -4.34. The van der Waals surface area contributed by atoms with E-state index in [1.54, 1.807) is 24.3 Å². The standard InChI is InChI=1S/C12H15F3O/c1-8(2)9-3-5-10(6-4-9)11(16)7-12(13,14)15/h3-6,8,11,16H,7H2,1-2H3. The molecule has 0 saturated heterocycles. The Labute approximate surface area is 92.9 Å². The largest absolute Gasteiger partial charge is 0.391 e. The van der Waals surface area contributed by atoms with Crippen LogP contribution in [-0.2, 0) is 0 Å². The molecular weight excluding hydrogens is 217 g/mol. The monoisotopic (exact) mass is 232 g/mol. The van der Waals surface area contributed by atoms with Crippen molar-refractivity contribution in [3.8, 4) is 0 Å². The summed E-state index contributed by atoms with van der Waals surface area (Å²) in [4.78, 5) is 0. The van der Waals surface area contributed by atoms with Crippen molar-refractivity contribution in [1.82, 2.24) is 0 Å². The maximum absolute atomic E-state index is 12.0. The van der Waals surface area contributed by atoms with E-state index in [4.69, 9.17) is 0 Å². The van der Waals surface area contributed by atoms with E-state index in [0.717, 1.165) is 5.56 Å². The Balaban J connectivity index is 2.74. The molecule has 1 unspecified atom stereocenters. The molecule has 16 heavy (non-hydrogen) atoms. The van der Waals surface area contributed by atoms with Crippen LogP contribution in [0.3, 0.4) is 0 Å². The molecule has 0 aliphatic rings. The Kier molecular flexibility index (Phi) is 3.97. The summed E-state index contributed by atoms with van der Waals surface area (Å²) in [7, 11) is 0. The predicted octanol–water partition coefficient (Wildman–Crippen LogP) is 3.80. The van der Waals surface area contributed by atoms with Crippen LogP contribution in [0.2, 0.25) is 0 Å². The Morgan fingerprint density at radius 1 is 1.06 bits per heavy atom. The third kappa shape index (κ3) is 3.85. The molecule has 1 N–H and O–H groups in total. The molecule has 1 aromatic carbocycles. The number of rotatable bonds is 3. The summed E-state index contributed by atoms with van der Waals surface area (Å²) in [6, 6.07) is 6.59. The summed E-state index contributed by atoms with van der Waals surface area (Å²) in [6.07, 6.45) is -7.01. The molecule has 0 aliphatic carbocycles. The fourth-order valence-electron chi connectivity index (χ4n) is 1.44. The van der Waals surface area contributed by atoms with Gasteiger partial charge in [-0.3, -0.25) is 0 Å². The van der Waals surface area contributed by atoms with E-state index >= 15 is 0 Å². The zero-order valence-corrected chi connectivity index (χ0v) is 9.25. The van der Waals surface area contributed by atoms with Crippen LogP contribution < -0.4 is 0 Å². The van der Waals surface area contributed by atoms with Crippen LogP contribution in [0.25, 0.3) is 0 Å². The number of aliphatic hydroxyl groups is 1. The molecule has 1 aromatic rings. The average Bonchev–Trinajstić information content (AvgIpc) is 2.15. The fourth-order valence-corrected chi connectivity index (χ4v) is 1.44. The molecule has 0 aliphatic heterocycles. The minimum Gasteiger partial charge on any atom is -0.388 e. The van der Waals surface area contributed by atoms with Crippen LogP contribution in [0, 0.1) is 0 Å². The molecule has 90 valence electrons. The number of alkyl halides is 3. The lowest BCUT2D eigenvalue weighted by Crippen LogP contribution is -2.13. The van der Waals surface area contributed by atoms with E-state index in [0.29, 0.717) is 11.5 Å². The highest BCUT2D eigenvalue weighted by Crippen LogP contribution is 2.29. The summed E-state index contributed by atoms with van der Waals surface area (Å²) in [6.45, 7) is 4.00. The van der Waals surface area contributed by atoms with Crippen LogP contribution in [-0.4, -0.2) is 11.3 Å². The van der Waals surface area contributed by atoms with Gasteiger partial charge < -0.3 is 5.11 Å². The normalized spacial score (nSPS) is 14.2. The van der Waals surface area contributed by atoms with Gasteiger partial charge in [-0.05, 0) is 17.0 Å². The molecule has 1 rings (SSSR count). The van der Waals surface area contributed by atoms with Crippen molar-refractivity contribution >= 4 is 0 Å². The predicted molar refractivity (Wildman–Crippen MR) is 56.2 cm³/mol. The van der Waals surface area contributed by atoms with Gasteiger partial charge in [0, 0.05) is 0 Å². The zero-order valence-electron chi connectivity index (χ0n) is 9.25. The highest BCUT2D eigenvalue weighted by Gasteiger charge is 2.31. The first kappa shape index (κ1) is 13.0. The summed E-state index contributed by atoms with van der Waals surface area (Å²) >= 11 is 0. The van der Waals surface area contributed by atoms with Gasteiger partial charge in [-0.2, -0.15) is 13.2 Å². The molecule has 0 saturated carbocycles. The third-order valence-corrected chi connectivity index (χ3v) is 2.41. The summed E-state index contributed by atoms with van der Waals surface area (Å²) in [5.74, 6) is 0.328. The van der Waals surface area contributed by atoms with Crippen molar-refractivity contribution in [2.24, 2.45) is 0 Å². The first-order valence-electron chi connectivity index (χ1n) is 5.14. The Bertz CT molecular complexity index is 327. The molecule has 1 atom stereocenters. The fraction of sp³-hybridized carbons (Fsp3) is 0.500. The Morgan fingerprint density at radius 2 is 1.50 bits per heavy atom. The maximum Gasteiger partial charge on any atom is 0.391 e. The van der Waals surface area contributed by atoms with E-state index in [1.165, 1.54) is 0 Å². The van der Waals surface area contributed by atoms with Gasteiger partial charge in [0.1, 0.15) is 0 Å². The molecule has 0 aromatic heterocycles. The topological polar surface area (TPSA) is 20.2 Å². The average molecular weight is 232 g/mol. The number of benzene rings is 1. The molecule has 0 radical (unpaired) electrons. The molecule has 0 bridgehead atoms. The summed E-state index contributed by atoms with van der Waals surface area (Å²) in [5.41, 5.74) is 1.35. The van der Waals surface area contributed by atoms with Crippen molar-refractivity contribution in [3.63, 3.8) is 0 Å². The first-order valence-corrected chi connectivity index (χ1v) is 5.14. The Morgan fingerprint density at radius 3 is 1.88 bits per heavy atom. The van der Waals surface area contributed by atoms with Crippen LogP contribution >= 0.6 is 0 Å². The van der Waals surface area contributed by atoms with Crippen molar-refractivity contribution in [3.05, 3.63) is 35.4 Å². The van der Waals surface area contributed by atoms with E-state index in [-0.39, 0.29) is 0 Å². The van der Waals surface area contributed by atoms with Crippen molar-refractivity contribution < 1.29 is 18.3 Å². The number of halogens is 3. The van der Waals surface area contributed by atoms with E-state index in [1.807, 2.05) is 13.8 Å². The molecule has 0 amide bonds. The first-order chi connectivity index (χ1) is 7.29. The molecule has 0 fully saturated rings. The summed E-state index contributed by atoms with van der Waals surface area (Å²) in [5, 5.41) is 9.37. The highest BCUT2D eigenvalue weighted by molar-refractivity contribution is 5.26. The van der Waals surface area contributed by atoms with Gasteiger partial charge in [-0.15, -0.1) is 0 Å². The van der Waals surface area contributed by atoms with Gasteiger partial charge in [0.2, 0.25) is 0 Å². The van der Waals surface area contributed by atoms with E-state index in [9.17, 15) is 18.3 Å². The maximum atomic E-state index is 12.0. The summed E-state index contributed by atoms with van der Waals surface area (Å²) < 4.78 is 36.1. The SMILES string of the molecule is CC(C)c1ccc(C(O)CC(F)(F)F)cc1. The quantitative estimate of drug-likeness (QED) is 0.840. The lowest BCUT2D eigenvalue weighted by molar-refractivity contribution is -0.154. The molecular formula is C12H15F3O. The smallest absolute Gasteiger partial charge is 0.388 e. The second-order valence-electron chi connectivity index (χ2n) is 4.16. The second kappa shape index (κ2) is 4.87. The van der Waals surface area contributed by atoms with Gasteiger partial charge in [-0.25, -0.2) is 0 Å². The van der Waals surface area contributed by atoms with Crippen molar-refractivity contribution in [1.29, 1.82) is 0 Å². The highest BCUT2D eigenvalue weighted by atomic mass is 19.4. The number of hydrogen-bond donors (Lipinski definition) is 1. The lowest BCUT2D eigenvalue weighted by Gasteiger charge is -2.14. The van der Waals surface area contributed by atoms with Gasteiger partial charge in [0.05, 0.1) is 12.5 Å².